The van der Waals surface area contributed by atoms with Gasteiger partial charge in [-0.05, 0) is 48.6 Å². The van der Waals surface area contributed by atoms with Crippen molar-refractivity contribution in [1.82, 2.24) is 14.5 Å². The van der Waals surface area contributed by atoms with Crippen LogP contribution >= 0.6 is 0 Å². The van der Waals surface area contributed by atoms with Gasteiger partial charge in [-0.3, -0.25) is 15.0 Å². The standard InChI is InChI=1S/C28H40N6O6S/c1-27(2,20-11-8-14-34(17-20)26(30)31)28(3,25(37)40-5)33(4)24(36)22(16-23(29)35)32-41(38,39)21-13-12-18-9-6-7-10-19(18)15-21/h6-7,9-10,12-13,15,20,22,32H,8,11,14,16-17H2,1-5H3,(H2,29,35)(H3,30,31)/t20-,22+,28-/m1/s1. The van der Waals surface area contributed by atoms with E-state index >= 15 is 0 Å². The van der Waals surface area contributed by atoms with Gasteiger partial charge in [0.2, 0.25) is 21.8 Å². The summed E-state index contributed by atoms with van der Waals surface area (Å²) in [4.78, 5) is 42.2. The summed E-state index contributed by atoms with van der Waals surface area (Å²) in [7, 11) is -1.70. The Balaban J connectivity index is 1.99. The van der Waals surface area contributed by atoms with E-state index in [9.17, 15) is 22.8 Å². The van der Waals surface area contributed by atoms with E-state index in [0.717, 1.165) is 16.7 Å². The van der Waals surface area contributed by atoms with Gasteiger partial charge in [0, 0.05) is 25.6 Å². The summed E-state index contributed by atoms with van der Waals surface area (Å²) in [5.74, 6) is -2.72. The number of likely N-dealkylation sites (tertiary alicyclic amines) is 1. The van der Waals surface area contributed by atoms with Gasteiger partial charge in [0.05, 0.1) is 18.4 Å². The average Bonchev–Trinajstić information content (AvgIpc) is 2.94. The van der Waals surface area contributed by atoms with E-state index in [1.165, 1.54) is 26.3 Å². The van der Waals surface area contributed by atoms with Crippen LogP contribution in [0.15, 0.2) is 47.4 Å². The van der Waals surface area contributed by atoms with E-state index < -0.39 is 51.2 Å². The number of rotatable bonds is 10. The van der Waals surface area contributed by atoms with Crippen molar-refractivity contribution in [3.63, 3.8) is 0 Å². The maximum Gasteiger partial charge on any atom is 0.332 e. The van der Waals surface area contributed by atoms with Crippen LogP contribution < -0.4 is 16.2 Å². The van der Waals surface area contributed by atoms with Crippen LogP contribution in [0.2, 0.25) is 0 Å². The summed E-state index contributed by atoms with van der Waals surface area (Å²) < 4.78 is 34.3. The molecule has 41 heavy (non-hydrogen) atoms. The molecule has 224 valence electrons. The molecule has 1 fully saturated rings. The lowest BCUT2D eigenvalue weighted by atomic mass is 9.62. The molecule has 2 aromatic carbocycles. The molecule has 6 N–H and O–H groups in total. The Labute approximate surface area is 240 Å². The molecular formula is C28H40N6O6S. The summed E-state index contributed by atoms with van der Waals surface area (Å²) in [6.07, 6.45) is 0.790. The number of esters is 1. The number of carbonyl (C=O) groups is 3. The number of benzene rings is 2. The van der Waals surface area contributed by atoms with Gasteiger partial charge in [-0.15, -0.1) is 0 Å². The average molecular weight is 589 g/mol. The van der Waals surface area contributed by atoms with Crippen molar-refractivity contribution in [1.29, 1.82) is 5.41 Å². The third-order valence-electron chi connectivity index (χ3n) is 8.65. The van der Waals surface area contributed by atoms with Crippen LogP contribution in [0, 0.1) is 16.7 Å². The summed E-state index contributed by atoms with van der Waals surface area (Å²) in [5, 5.41) is 9.38. The minimum Gasteiger partial charge on any atom is -0.467 e. The predicted octanol–water partition coefficient (Wildman–Crippen LogP) is 1.38. The Morgan fingerprint density at radius 3 is 2.37 bits per heavy atom. The Morgan fingerprint density at radius 2 is 1.78 bits per heavy atom. The number of nitrogens with zero attached hydrogens (tertiary/aromatic N) is 2. The first-order chi connectivity index (χ1) is 19.1. The fourth-order valence-electron chi connectivity index (χ4n) is 5.64. The molecule has 3 atom stereocenters. The van der Waals surface area contributed by atoms with Crippen LogP contribution in [0.3, 0.4) is 0 Å². The van der Waals surface area contributed by atoms with E-state index in [2.05, 4.69) is 4.72 Å². The number of nitrogens with one attached hydrogen (secondary N) is 2. The van der Waals surface area contributed by atoms with Crippen molar-refractivity contribution in [3.8, 4) is 0 Å². The second-order valence-electron chi connectivity index (χ2n) is 11.2. The fraction of sp³-hybridized carbons (Fsp3) is 0.500. The molecule has 3 rings (SSSR count). The van der Waals surface area contributed by atoms with E-state index in [1.807, 2.05) is 26.0 Å². The van der Waals surface area contributed by atoms with Crippen LogP contribution in [-0.2, 0) is 29.1 Å². The van der Waals surface area contributed by atoms with Gasteiger partial charge in [0.25, 0.3) is 0 Å². The molecule has 12 nitrogen and oxygen atoms in total. The molecule has 0 aromatic heterocycles. The fourth-order valence-corrected chi connectivity index (χ4v) is 6.86. The molecule has 0 aliphatic carbocycles. The highest BCUT2D eigenvalue weighted by molar-refractivity contribution is 7.89. The van der Waals surface area contributed by atoms with E-state index in [1.54, 1.807) is 30.0 Å². The molecule has 1 heterocycles. The first-order valence-corrected chi connectivity index (χ1v) is 14.8. The van der Waals surface area contributed by atoms with E-state index in [0.29, 0.717) is 24.9 Å². The number of carbonyl (C=O) groups excluding carboxylic acids is 3. The first kappa shape index (κ1) is 31.8. The van der Waals surface area contributed by atoms with Crippen LogP contribution in [0.25, 0.3) is 10.8 Å². The maximum absolute atomic E-state index is 14.0. The molecule has 0 spiro atoms. The van der Waals surface area contributed by atoms with Crippen molar-refractivity contribution < 1.29 is 27.5 Å². The van der Waals surface area contributed by atoms with Gasteiger partial charge in [-0.1, -0.05) is 44.2 Å². The van der Waals surface area contributed by atoms with Crippen molar-refractivity contribution >= 4 is 44.5 Å². The number of piperidine rings is 1. The second kappa shape index (κ2) is 12.0. The number of guanidine groups is 1. The molecule has 1 aliphatic rings. The smallest absolute Gasteiger partial charge is 0.332 e. The lowest BCUT2D eigenvalue weighted by molar-refractivity contribution is -0.173. The molecule has 1 aliphatic heterocycles. The van der Waals surface area contributed by atoms with Gasteiger partial charge in [0.15, 0.2) is 5.96 Å². The molecule has 2 amide bonds. The van der Waals surface area contributed by atoms with Gasteiger partial charge in [-0.2, -0.15) is 4.72 Å². The zero-order valence-electron chi connectivity index (χ0n) is 24.1. The molecule has 1 saturated heterocycles. The number of hydrogen-bond acceptors (Lipinski definition) is 7. The number of primary amides is 1. The number of nitrogens with two attached hydrogens (primary N) is 2. The highest BCUT2D eigenvalue weighted by Crippen LogP contribution is 2.46. The highest BCUT2D eigenvalue weighted by Gasteiger charge is 2.57. The third-order valence-corrected chi connectivity index (χ3v) is 10.1. The van der Waals surface area contributed by atoms with E-state index in [4.69, 9.17) is 21.6 Å². The zero-order valence-corrected chi connectivity index (χ0v) is 25.0. The molecule has 0 unspecified atom stereocenters. The van der Waals surface area contributed by atoms with Crippen LogP contribution in [0.4, 0.5) is 0 Å². The number of hydrogen-bond donors (Lipinski definition) is 4. The van der Waals surface area contributed by atoms with Crippen LogP contribution in [-0.4, -0.2) is 80.8 Å². The summed E-state index contributed by atoms with van der Waals surface area (Å²) in [6, 6.07) is 10.1. The minimum atomic E-state index is -4.28. The zero-order chi connectivity index (χ0) is 30.8. The molecule has 0 radical (unpaired) electrons. The van der Waals surface area contributed by atoms with Gasteiger partial charge < -0.3 is 26.0 Å². The maximum atomic E-state index is 14.0. The molecular weight excluding hydrogens is 548 g/mol. The largest absolute Gasteiger partial charge is 0.467 e. The SMILES string of the molecule is COC(=O)[C@@](C)(N(C)C(=O)[C@H](CC(N)=O)NS(=O)(=O)c1ccc2ccccc2c1)C(C)(C)[C@@H]1CCCN(C(=N)N)C1. The lowest BCUT2D eigenvalue weighted by Crippen LogP contribution is -2.67. The number of methoxy groups -OCH3 is 1. The highest BCUT2D eigenvalue weighted by atomic mass is 32.2. The number of sulfonamides is 1. The van der Waals surface area contributed by atoms with Crippen LogP contribution in [0.5, 0.6) is 0 Å². The number of fused-ring (bicyclic) bond motifs is 1. The number of ether oxygens (including phenoxy) is 1. The Kier molecular flexibility index (Phi) is 9.34. The summed E-state index contributed by atoms with van der Waals surface area (Å²) in [5.41, 5.74) is 8.63. The Morgan fingerprint density at radius 1 is 1.15 bits per heavy atom. The van der Waals surface area contributed by atoms with Crippen LogP contribution in [0.1, 0.15) is 40.0 Å². The summed E-state index contributed by atoms with van der Waals surface area (Å²) in [6.45, 7) is 6.19. The van der Waals surface area contributed by atoms with Crippen molar-refractivity contribution in [2.24, 2.45) is 22.8 Å². The number of likely N-dealkylation sites (N-methyl/N-ethyl adjacent to an activating group) is 1. The predicted molar refractivity (Wildman–Crippen MR) is 155 cm³/mol. The Bertz CT molecular complexity index is 1440. The minimum absolute atomic E-state index is 0.0840. The third kappa shape index (κ3) is 6.30. The van der Waals surface area contributed by atoms with Gasteiger partial charge >= 0.3 is 5.97 Å². The van der Waals surface area contributed by atoms with Gasteiger partial charge in [-0.25, -0.2) is 13.2 Å². The number of amides is 2. The van der Waals surface area contributed by atoms with E-state index in [-0.39, 0.29) is 16.8 Å². The topological polar surface area (TPSA) is 189 Å². The monoisotopic (exact) mass is 588 g/mol. The second-order valence-corrected chi connectivity index (χ2v) is 12.9. The molecule has 0 bridgehead atoms. The summed E-state index contributed by atoms with van der Waals surface area (Å²) >= 11 is 0. The Hall–Kier alpha value is -3.71. The molecule has 13 heteroatoms. The lowest BCUT2D eigenvalue weighted by Gasteiger charge is -2.53. The molecule has 2 aromatic rings. The van der Waals surface area contributed by atoms with Crippen molar-refractivity contribution in [2.45, 2.75) is 56.5 Å². The first-order valence-electron chi connectivity index (χ1n) is 13.3. The van der Waals surface area contributed by atoms with Gasteiger partial charge in [0.1, 0.15) is 11.6 Å². The van der Waals surface area contributed by atoms with Crippen molar-refractivity contribution in [2.75, 3.05) is 27.2 Å². The quantitative estimate of drug-likeness (QED) is 0.182. The molecule has 0 saturated carbocycles. The van der Waals surface area contributed by atoms with Crippen molar-refractivity contribution in [3.05, 3.63) is 42.5 Å². The normalized spacial score (nSPS) is 18.3.